The van der Waals surface area contributed by atoms with Crippen LogP contribution in [0.5, 0.6) is 5.75 Å². The summed E-state index contributed by atoms with van der Waals surface area (Å²) in [6.45, 7) is 8.19. The standard InChI is InChI=1S/C19H23NO2/c1-5-16-6-8-17(9-7-16)20-19(21)12-22-18-11-13(2)10-14(3)15(18)4/h6-11H,5,12H2,1-4H3,(H,20,21). The third kappa shape index (κ3) is 4.10. The van der Waals surface area contributed by atoms with Gasteiger partial charge in [0.2, 0.25) is 0 Å². The lowest BCUT2D eigenvalue weighted by Gasteiger charge is -2.12. The molecule has 2 rings (SSSR count). The quantitative estimate of drug-likeness (QED) is 0.898. The summed E-state index contributed by atoms with van der Waals surface area (Å²) in [6, 6.07) is 11.9. The molecule has 0 aliphatic carbocycles. The van der Waals surface area contributed by atoms with Crippen LogP contribution in [0.4, 0.5) is 5.69 Å². The van der Waals surface area contributed by atoms with Crippen LogP contribution in [0.2, 0.25) is 0 Å². The molecule has 1 N–H and O–H groups in total. The lowest BCUT2D eigenvalue weighted by atomic mass is 10.1. The number of benzene rings is 2. The Morgan fingerprint density at radius 3 is 2.41 bits per heavy atom. The van der Waals surface area contributed by atoms with Gasteiger partial charge >= 0.3 is 0 Å². The molecule has 0 fully saturated rings. The van der Waals surface area contributed by atoms with Crippen LogP contribution in [0.25, 0.3) is 0 Å². The van der Waals surface area contributed by atoms with Crippen molar-refractivity contribution in [3.63, 3.8) is 0 Å². The topological polar surface area (TPSA) is 38.3 Å². The molecule has 0 bridgehead atoms. The first-order valence-electron chi connectivity index (χ1n) is 7.59. The molecule has 22 heavy (non-hydrogen) atoms. The van der Waals surface area contributed by atoms with Crippen LogP contribution in [0.15, 0.2) is 36.4 Å². The lowest BCUT2D eigenvalue weighted by Crippen LogP contribution is -2.20. The fourth-order valence-electron chi connectivity index (χ4n) is 2.31. The fourth-order valence-corrected chi connectivity index (χ4v) is 2.31. The number of ether oxygens (including phenoxy) is 1. The summed E-state index contributed by atoms with van der Waals surface area (Å²) in [6.07, 6.45) is 0.989. The van der Waals surface area contributed by atoms with Gasteiger partial charge in [0.15, 0.2) is 6.61 Å². The van der Waals surface area contributed by atoms with Crippen molar-refractivity contribution in [1.29, 1.82) is 0 Å². The second-order valence-electron chi connectivity index (χ2n) is 5.59. The predicted octanol–water partition coefficient (Wildman–Crippen LogP) is 4.19. The van der Waals surface area contributed by atoms with Crippen LogP contribution in [-0.4, -0.2) is 12.5 Å². The summed E-state index contributed by atoms with van der Waals surface area (Å²) in [4.78, 5) is 12.0. The number of anilines is 1. The van der Waals surface area contributed by atoms with E-state index in [1.54, 1.807) is 0 Å². The van der Waals surface area contributed by atoms with Crippen molar-refractivity contribution in [3.8, 4) is 5.75 Å². The third-order valence-corrected chi connectivity index (χ3v) is 3.77. The lowest BCUT2D eigenvalue weighted by molar-refractivity contribution is -0.118. The van der Waals surface area contributed by atoms with E-state index in [-0.39, 0.29) is 12.5 Å². The van der Waals surface area contributed by atoms with Crippen LogP contribution >= 0.6 is 0 Å². The molecule has 0 aromatic heterocycles. The Bertz CT molecular complexity index is 660. The minimum Gasteiger partial charge on any atom is -0.483 e. The minimum atomic E-state index is -0.150. The molecule has 0 aliphatic heterocycles. The first-order chi connectivity index (χ1) is 10.5. The number of amides is 1. The van der Waals surface area contributed by atoms with E-state index in [0.717, 1.165) is 29.0 Å². The zero-order valence-electron chi connectivity index (χ0n) is 13.7. The normalized spacial score (nSPS) is 10.4. The molecule has 2 aromatic rings. The van der Waals surface area contributed by atoms with Crippen LogP contribution in [-0.2, 0) is 11.2 Å². The van der Waals surface area contributed by atoms with Crippen molar-refractivity contribution in [1.82, 2.24) is 0 Å². The van der Waals surface area contributed by atoms with Crippen LogP contribution in [0.3, 0.4) is 0 Å². The summed E-state index contributed by atoms with van der Waals surface area (Å²) in [5.74, 6) is 0.622. The molecule has 0 unspecified atom stereocenters. The van der Waals surface area contributed by atoms with Gasteiger partial charge in [0.05, 0.1) is 0 Å². The van der Waals surface area contributed by atoms with Gasteiger partial charge in [-0.25, -0.2) is 0 Å². The van der Waals surface area contributed by atoms with Gasteiger partial charge in [0, 0.05) is 5.69 Å². The van der Waals surface area contributed by atoms with E-state index >= 15 is 0 Å². The maximum absolute atomic E-state index is 12.0. The second kappa shape index (κ2) is 7.12. The minimum absolute atomic E-state index is 0.0132. The molecule has 2 aromatic carbocycles. The van der Waals surface area contributed by atoms with Gasteiger partial charge < -0.3 is 10.1 Å². The van der Waals surface area contributed by atoms with Gasteiger partial charge in [0.25, 0.3) is 5.91 Å². The zero-order valence-corrected chi connectivity index (χ0v) is 13.7. The third-order valence-electron chi connectivity index (χ3n) is 3.77. The molecular weight excluding hydrogens is 274 g/mol. The first-order valence-corrected chi connectivity index (χ1v) is 7.59. The average molecular weight is 297 g/mol. The van der Waals surface area contributed by atoms with E-state index in [1.807, 2.05) is 51.1 Å². The summed E-state index contributed by atoms with van der Waals surface area (Å²) in [5.41, 5.74) is 5.42. The van der Waals surface area contributed by atoms with Crippen LogP contribution in [0, 0.1) is 20.8 Å². The van der Waals surface area contributed by atoms with Gasteiger partial charge in [-0.15, -0.1) is 0 Å². The summed E-state index contributed by atoms with van der Waals surface area (Å²) < 4.78 is 5.67. The van der Waals surface area contributed by atoms with E-state index in [4.69, 9.17) is 4.74 Å². The van der Waals surface area contributed by atoms with Gasteiger partial charge in [-0.3, -0.25) is 4.79 Å². The van der Waals surface area contributed by atoms with Crippen molar-refractivity contribution < 1.29 is 9.53 Å². The highest BCUT2D eigenvalue weighted by molar-refractivity contribution is 5.91. The molecule has 1 amide bonds. The van der Waals surface area contributed by atoms with Gasteiger partial charge in [0.1, 0.15) is 5.75 Å². The largest absolute Gasteiger partial charge is 0.483 e. The Balaban J connectivity index is 1.95. The molecule has 0 heterocycles. The van der Waals surface area contributed by atoms with E-state index in [1.165, 1.54) is 11.1 Å². The van der Waals surface area contributed by atoms with Crippen molar-refractivity contribution in [2.45, 2.75) is 34.1 Å². The molecule has 3 heteroatoms. The Hall–Kier alpha value is -2.29. The average Bonchev–Trinajstić information content (AvgIpc) is 2.50. The highest BCUT2D eigenvalue weighted by Crippen LogP contribution is 2.23. The maximum atomic E-state index is 12.0. The van der Waals surface area contributed by atoms with E-state index < -0.39 is 0 Å². The Morgan fingerprint density at radius 1 is 1.09 bits per heavy atom. The molecule has 0 radical (unpaired) electrons. The fraction of sp³-hybridized carbons (Fsp3) is 0.316. The second-order valence-corrected chi connectivity index (χ2v) is 5.59. The first kappa shape index (κ1) is 16.1. The molecular formula is C19H23NO2. The molecule has 0 spiro atoms. The van der Waals surface area contributed by atoms with E-state index in [2.05, 4.69) is 18.3 Å². The van der Waals surface area contributed by atoms with E-state index in [0.29, 0.717) is 0 Å². The molecule has 0 aliphatic rings. The zero-order chi connectivity index (χ0) is 16.1. The van der Waals surface area contributed by atoms with Gasteiger partial charge in [-0.2, -0.15) is 0 Å². The van der Waals surface area contributed by atoms with Crippen LogP contribution < -0.4 is 10.1 Å². The maximum Gasteiger partial charge on any atom is 0.262 e. The van der Waals surface area contributed by atoms with Gasteiger partial charge in [-0.05, 0) is 67.6 Å². The van der Waals surface area contributed by atoms with Crippen LogP contribution in [0.1, 0.15) is 29.2 Å². The number of aryl methyl sites for hydroxylation is 3. The highest BCUT2D eigenvalue weighted by Gasteiger charge is 2.07. The predicted molar refractivity (Wildman–Crippen MR) is 90.6 cm³/mol. The van der Waals surface area contributed by atoms with Crippen molar-refractivity contribution >= 4 is 11.6 Å². The molecule has 0 saturated heterocycles. The summed E-state index contributed by atoms with van der Waals surface area (Å²) in [5, 5.41) is 2.85. The number of hydrogen-bond donors (Lipinski definition) is 1. The smallest absolute Gasteiger partial charge is 0.262 e. The monoisotopic (exact) mass is 297 g/mol. The Labute approximate surface area is 132 Å². The molecule has 0 atom stereocenters. The van der Waals surface area contributed by atoms with Crippen molar-refractivity contribution in [2.24, 2.45) is 0 Å². The molecule has 116 valence electrons. The SMILES string of the molecule is CCc1ccc(NC(=O)COc2cc(C)cc(C)c2C)cc1. The summed E-state index contributed by atoms with van der Waals surface area (Å²) in [7, 11) is 0. The van der Waals surface area contributed by atoms with Crippen molar-refractivity contribution in [2.75, 3.05) is 11.9 Å². The number of rotatable bonds is 5. The Morgan fingerprint density at radius 2 is 1.77 bits per heavy atom. The van der Waals surface area contributed by atoms with Gasteiger partial charge in [-0.1, -0.05) is 25.1 Å². The summed E-state index contributed by atoms with van der Waals surface area (Å²) >= 11 is 0. The Kier molecular flexibility index (Phi) is 5.21. The number of carbonyl (C=O) groups excluding carboxylic acids is 1. The van der Waals surface area contributed by atoms with Crippen molar-refractivity contribution in [3.05, 3.63) is 58.7 Å². The molecule has 3 nitrogen and oxygen atoms in total. The molecule has 0 saturated carbocycles. The highest BCUT2D eigenvalue weighted by atomic mass is 16.5. The number of nitrogens with one attached hydrogen (secondary N) is 1. The van der Waals surface area contributed by atoms with E-state index in [9.17, 15) is 4.79 Å². The number of carbonyl (C=O) groups is 1. The number of hydrogen-bond acceptors (Lipinski definition) is 2.